The maximum Gasteiger partial charge on any atom is 0.0883 e. The Morgan fingerprint density at radius 2 is 2.21 bits per heavy atom. The first kappa shape index (κ1) is 10.1. The van der Waals surface area contributed by atoms with Crippen molar-refractivity contribution in [2.24, 2.45) is 0 Å². The molecule has 2 heteroatoms. The molecule has 1 heterocycles. The van der Waals surface area contributed by atoms with Gasteiger partial charge in [-0.3, -0.25) is 0 Å². The van der Waals surface area contributed by atoms with Crippen LogP contribution >= 0.6 is 11.8 Å². The van der Waals surface area contributed by atoms with Crippen LogP contribution in [-0.4, -0.2) is 10.9 Å². The van der Waals surface area contributed by atoms with E-state index in [0.717, 1.165) is 17.1 Å². The van der Waals surface area contributed by atoms with E-state index in [1.54, 1.807) is 0 Å². The van der Waals surface area contributed by atoms with Gasteiger partial charge in [-0.25, -0.2) is 0 Å². The fourth-order valence-corrected chi connectivity index (χ4v) is 2.79. The van der Waals surface area contributed by atoms with Crippen LogP contribution in [0.25, 0.3) is 0 Å². The minimum absolute atomic E-state index is 0.262. The van der Waals surface area contributed by atoms with Crippen LogP contribution < -0.4 is 0 Å². The SMILES string of the molecule is CC(C)c1ccc2c(c1)[C@@H](O)CSC2. The van der Waals surface area contributed by atoms with E-state index in [9.17, 15) is 5.11 Å². The Hall–Kier alpha value is -0.470. The van der Waals surface area contributed by atoms with Gasteiger partial charge in [0.1, 0.15) is 0 Å². The Morgan fingerprint density at radius 1 is 1.43 bits per heavy atom. The number of rotatable bonds is 1. The Labute approximate surface area is 89.5 Å². The number of aliphatic hydroxyl groups is 1. The van der Waals surface area contributed by atoms with Gasteiger partial charge in [-0.1, -0.05) is 32.0 Å². The average molecular weight is 208 g/mol. The average Bonchev–Trinajstić information content (AvgIpc) is 2.18. The highest BCUT2D eigenvalue weighted by Crippen LogP contribution is 2.33. The van der Waals surface area contributed by atoms with Crippen molar-refractivity contribution in [3.8, 4) is 0 Å². The van der Waals surface area contributed by atoms with Crippen LogP contribution in [0.4, 0.5) is 0 Å². The number of hydrogen-bond acceptors (Lipinski definition) is 2. The minimum atomic E-state index is -0.262. The summed E-state index contributed by atoms with van der Waals surface area (Å²) in [7, 11) is 0. The van der Waals surface area contributed by atoms with Crippen molar-refractivity contribution >= 4 is 11.8 Å². The van der Waals surface area contributed by atoms with Gasteiger partial charge in [0.05, 0.1) is 6.10 Å². The normalized spacial score (nSPS) is 21.0. The predicted octanol–water partition coefficient (Wildman–Crippen LogP) is 3.09. The highest BCUT2D eigenvalue weighted by molar-refractivity contribution is 7.98. The second kappa shape index (κ2) is 3.95. The smallest absolute Gasteiger partial charge is 0.0883 e. The third-order valence-corrected chi connectivity index (χ3v) is 3.80. The summed E-state index contributed by atoms with van der Waals surface area (Å²) < 4.78 is 0. The van der Waals surface area contributed by atoms with E-state index >= 15 is 0 Å². The number of thioether (sulfide) groups is 1. The van der Waals surface area contributed by atoms with E-state index < -0.39 is 0 Å². The fourth-order valence-electron chi connectivity index (χ4n) is 1.78. The summed E-state index contributed by atoms with van der Waals surface area (Å²) in [5.41, 5.74) is 3.78. The summed E-state index contributed by atoms with van der Waals surface area (Å²) in [4.78, 5) is 0. The van der Waals surface area contributed by atoms with Gasteiger partial charge in [0.25, 0.3) is 0 Å². The lowest BCUT2D eigenvalue weighted by molar-refractivity contribution is 0.201. The molecule has 1 aliphatic heterocycles. The zero-order chi connectivity index (χ0) is 10.1. The predicted molar refractivity (Wildman–Crippen MR) is 61.7 cm³/mol. The molecule has 1 aromatic rings. The lowest BCUT2D eigenvalue weighted by Crippen LogP contribution is -2.10. The molecule has 1 atom stereocenters. The lowest BCUT2D eigenvalue weighted by atomic mass is 9.95. The second-order valence-corrected chi connectivity index (χ2v) is 5.17. The Bertz CT molecular complexity index is 333. The maximum atomic E-state index is 9.85. The van der Waals surface area contributed by atoms with E-state index in [1.807, 2.05) is 11.8 Å². The Kier molecular flexibility index (Phi) is 2.84. The Morgan fingerprint density at radius 3 is 2.93 bits per heavy atom. The molecule has 0 aromatic heterocycles. The first-order chi connectivity index (χ1) is 6.68. The first-order valence-corrected chi connectivity index (χ1v) is 6.22. The summed E-state index contributed by atoms with van der Waals surface area (Å²) in [5.74, 6) is 2.43. The molecule has 1 aromatic carbocycles. The maximum absolute atomic E-state index is 9.85. The summed E-state index contributed by atoms with van der Waals surface area (Å²) in [6.07, 6.45) is -0.262. The molecule has 0 saturated heterocycles. The topological polar surface area (TPSA) is 20.2 Å². The van der Waals surface area contributed by atoms with Gasteiger partial charge in [0.15, 0.2) is 0 Å². The molecule has 0 fully saturated rings. The monoisotopic (exact) mass is 208 g/mol. The van der Waals surface area contributed by atoms with Gasteiger partial charge >= 0.3 is 0 Å². The molecular weight excluding hydrogens is 192 g/mol. The molecule has 0 saturated carbocycles. The number of benzene rings is 1. The quantitative estimate of drug-likeness (QED) is 0.765. The van der Waals surface area contributed by atoms with Crippen LogP contribution in [0.2, 0.25) is 0 Å². The summed E-state index contributed by atoms with van der Waals surface area (Å²) in [6.45, 7) is 4.37. The zero-order valence-electron chi connectivity index (χ0n) is 8.66. The van der Waals surface area contributed by atoms with Crippen molar-refractivity contribution in [2.45, 2.75) is 31.6 Å². The Balaban J connectivity index is 2.41. The van der Waals surface area contributed by atoms with Crippen molar-refractivity contribution in [3.63, 3.8) is 0 Å². The summed E-state index contributed by atoms with van der Waals surface area (Å²) in [5, 5.41) is 9.85. The van der Waals surface area contributed by atoms with Crippen LogP contribution in [0, 0.1) is 0 Å². The van der Waals surface area contributed by atoms with E-state index in [2.05, 4.69) is 32.0 Å². The molecule has 1 nitrogen and oxygen atoms in total. The molecule has 0 unspecified atom stereocenters. The molecule has 0 radical (unpaired) electrons. The highest BCUT2D eigenvalue weighted by atomic mass is 32.2. The van der Waals surface area contributed by atoms with Crippen LogP contribution in [0.15, 0.2) is 18.2 Å². The lowest BCUT2D eigenvalue weighted by Gasteiger charge is -2.22. The molecule has 14 heavy (non-hydrogen) atoms. The minimum Gasteiger partial charge on any atom is -0.388 e. The zero-order valence-corrected chi connectivity index (χ0v) is 9.47. The molecule has 0 spiro atoms. The first-order valence-electron chi connectivity index (χ1n) is 5.07. The molecule has 2 rings (SSSR count). The van der Waals surface area contributed by atoms with E-state index in [1.165, 1.54) is 11.1 Å². The van der Waals surface area contributed by atoms with E-state index in [4.69, 9.17) is 0 Å². The third kappa shape index (κ3) is 1.82. The van der Waals surface area contributed by atoms with Gasteiger partial charge in [-0.2, -0.15) is 11.8 Å². The van der Waals surface area contributed by atoms with Crippen molar-refractivity contribution in [1.29, 1.82) is 0 Å². The van der Waals surface area contributed by atoms with Gasteiger partial charge in [-0.15, -0.1) is 0 Å². The summed E-state index contributed by atoms with van der Waals surface area (Å²) in [6, 6.07) is 6.52. The highest BCUT2D eigenvalue weighted by Gasteiger charge is 2.18. The van der Waals surface area contributed by atoms with Crippen LogP contribution in [0.5, 0.6) is 0 Å². The summed E-state index contributed by atoms with van der Waals surface area (Å²) >= 11 is 1.81. The van der Waals surface area contributed by atoms with Crippen molar-refractivity contribution < 1.29 is 5.11 Å². The van der Waals surface area contributed by atoms with Gasteiger partial charge in [0, 0.05) is 11.5 Å². The van der Waals surface area contributed by atoms with E-state index in [0.29, 0.717) is 5.92 Å². The van der Waals surface area contributed by atoms with Crippen LogP contribution in [-0.2, 0) is 5.75 Å². The fraction of sp³-hybridized carbons (Fsp3) is 0.500. The standard InChI is InChI=1S/C12H16OS/c1-8(2)9-3-4-10-6-14-7-12(13)11(10)5-9/h3-5,8,12-13H,6-7H2,1-2H3/t12-/m0/s1. The van der Waals surface area contributed by atoms with Crippen LogP contribution in [0.1, 0.15) is 42.6 Å². The molecule has 0 aliphatic carbocycles. The molecule has 0 bridgehead atoms. The number of hydrogen-bond donors (Lipinski definition) is 1. The van der Waals surface area contributed by atoms with Crippen LogP contribution in [0.3, 0.4) is 0 Å². The third-order valence-electron chi connectivity index (χ3n) is 2.73. The molecule has 0 amide bonds. The van der Waals surface area contributed by atoms with Crippen molar-refractivity contribution in [3.05, 3.63) is 34.9 Å². The molecule has 1 aliphatic rings. The number of aliphatic hydroxyl groups excluding tert-OH is 1. The molecule has 1 N–H and O–H groups in total. The second-order valence-electron chi connectivity index (χ2n) is 4.14. The molecule has 76 valence electrons. The molecular formula is C12H16OS. The van der Waals surface area contributed by atoms with E-state index in [-0.39, 0.29) is 6.10 Å². The van der Waals surface area contributed by atoms with Gasteiger partial charge in [-0.05, 0) is 22.6 Å². The van der Waals surface area contributed by atoms with Crippen molar-refractivity contribution in [1.82, 2.24) is 0 Å². The largest absolute Gasteiger partial charge is 0.388 e. The van der Waals surface area contributed by atoms with Gasteiger partial charge in [0.2, 0.25) is 0 Å². The number of fused-ring (bicyclic) bond motifs is 1. The van der Waals surface area contributed by atoms with Crippen molar-refractivity contribution in [2.75, 3.05) is 5.75 Å². The van der Waals surface area contributed by atoms with Gasteiger partial charge < -0.3 is 5.11 Å².